The van der Waals surface area contributed by atoms with Crippen molar-refractivity contribution in [3.05, 3.63) is 59.2 Å². The SMILES string of the molecule is CCC(COC)NC1CCC(Oc2ccc3c(c2)CCC(c2ccccc2C)O3)CC1. The summed E-state index contributed by atoms with van der Waals surface area (Å²) in [6.45, 7) is 5.17. The largest absolute Gasteiger partial charge is 0.490 e. The van der Waals surface area contributed by atoms with Crippen LogP contribution in [0.15, 0.2) is 42.5 Å². The molecule has 1 aliphatic heterocycles. The van der Waals surface area contributed by atoms with Crippen molar-refractivity contribution in [2.45, 2.75) is 83.1 Å². The Morgan fingerprint density at radius 3 is 2.61 bits per heavy atom. The first-order valence-corrected chi connectivity index (χ1v) is 11.9. The molecule has 4 nitrogen and oxygen atoms in total. The van der Waals surface area contributed by atoms with Crippen LogP contribution in [0.1, 0.15) is 68.2 Å². The molecule has 2 unspecified atom stereocenters. The van der Waals surface area contributed by atoms with E-state index < -0.39 is 0 Å². The van der Waals surface area contributed by atoms with Crippen LogP contribution in [0.5, 0.6) is 11.5 Å². The van der Waals surface area contributed by atoms with E-state index in [1.54, 1.807) is 7.11 Å². The van der Waals surface area contributed by atoms with Crippen molar-refractivity contribution in [1.29, 1.82) is 0 Å². The van der Waals surface area contributed by atoms with Gasteiger partial charge in [0.05, 0.1) is 12.7 Å². The number of aryl methyl sites for hydroxylation is 2. The van der Waals surface area contributed by atoms with Crippen LogP contribution in [0, 0.1) is 6.92 Å². The smallest absolute Gasteiger partial charge is 0.124 e. The van der Waals surface area contributed by atoms with Crippen molar-refractivity contribution < 1.29 is 14.2 Å². The van der Waals surface area contributed by atoms with E-state index in [9.17, 15) is 0 Å². The van der Waals surface area contributed by atoms with E-state index in [1.807, 2.05) is 0 Å². The minimum Gasteiger partial charge on any atom is -0.490 e. The Labute approximate surface area is 187 Å². The highest BCUT2D eigenvalue weighted by Crippen LogP contribution is 2.38. The van der Waals surface area contributed by atoms with Gasteiger partial charge in [0, 0.05) is 19.2 Å². The van der Waals surface area contributed by atoms with Gasteiger partial charge in [-0.05, 0) is 86.8 Å². The van der Waals surface area contributed by atoms with Crippen LogP contribution in [0.4, 0.5) is 0 Å². The molecule has 168 valence electrons. The van der Waals surface area contributed by atoms with Crippen LogP contribution >= 0.6 is 0 Å². The van der Waals surface area contributed by atoms with E-state index in [0.29, 0.717) is 18.2 Å². The minimum atomic E-state index is 0.147. The second-order valence-electron chi connectivity index (χ2n) is 9.09. The fourth-order valence-electron chi connectivity index (χ4n) is 4.96. The van der Waals surface area contributed by atoms with Gasteiger partial charge in [-0.2, -0.15) is 0 Å². The Morgan fingerprint density at radius 1 is 1.06 bits per heavy atom. The third-order valence-corrected chi connectivity index (χ3v) is 6.82. The number of nitrogens with one attached hydrogen (secondary N) is 1. The van der Waals surface area contributed by atoms with Crippen molar-refractivity contribution in [3.63, 3.8) is 0 Å². The second-order valence-corrected chi connectivity index (χ2v) is 9.09. The first-order chi connectivity index (χ1) is 15.2. The summed E-state index contributed by atoms with van der Waals surface area (Å²) < 4.78 is 18.0. The first kappa shape index (κ1) is 22.2. The Bertz CT molecular complexity index is 844. The molecule has 0 aromatic heterocycles. The predicted molar refractivity (Wildman–Crippen MR) is 125 cm³/mol. The number of benzene rings is 2. The molecule has 0 amide bonds. The zero-order valence-electron chi connectivity index (χ0n) is 19.2. The molecule has 2 aromatic rings. The van der Waals surface area contributed by atoms with Gasteiger partial charge in [-0.1, -0.05) is 31.2 Å². The summed E-state index contributed by atoms with van der Waals surface area (Å²) in [5.74, 6) is 1.99. The first-order valence-electron chi connectivity index (χ1n) is 11.9. The number of methoxy groups -OCH3 is 1. The summed E-state index contributed by atoms with van der Waals surface area (Å²) in [7, 11) is 1.78. The summed E-state index contributed by atoms with van der Waals surface area (Å²) in [4.78, 5) is 0. The Kier molecular flexibility index (Phi) is 7.52. The van der Waals surface area contributed by atoms with E-state index in [2.05, 4.69) is 61.6 Å². The molecule has 2 aliphatic rings. The molecular weight excluding hydrogens is 386 g/mol. The average Bonchev–Trinajstić information content (AvgIpc) is 2.80. The maximum atomic E-state index is 6.37. The number of fused-ring (bicyclic) bond motifs is 1. The van der Waals surface area contributed by atoms with Gasteiger partial charge in [0.2, 0.25) is 0 Å². The molecule has 1 aliphatic carbocycles. The molecule has 2 atom stereocenters. The number of hydrogen-bond acceptors (Lipinski definition) is 4. The van der Waals surface area contributed by atoms with Gasteiger partial charge < -0.3 is 19.5 Å². The number of hydrogen-bond donors (Lipinski definition) is 1. The Hall–Kier alpha value is -2.04. The lowest BCUT2D eigenvalue weighted by Crippen LogP contribution is -2.43. The third kappa shape index (κ3) is 5.61. The van der Waals surface area contributed by atoms with E-state index >= 15 is 0 Å². The van der Waals surface area contributed by atoms with E-state index in [0.717, 1.165) is 63.1 Å². The van der Waals surface area contributed by atoms with Gasteiger partial charge in [0.1, 0.15) is 17.6 Å². The summed E-state index contributed by atoms with van der Waals surface area (Å²) in [6, 6.07) is 15.9. The van der Waals surface area contributed by atoms with Gasteiger partial charge in [-0.15, -0.1) is 0 Å². The average molecular weight is 424 g/mol. The normalized spacial score (nSPS) is 24.2. The Morgan fingerprint density at radius 2 is 1.87 bits per heavy atom. The lowest BCUT2D eigenvalue weighted by molar-refractivity contribution is 0.120. The zero-order chi connectivity index (χ0) is 21.6. The molecule has 1 N–H and O–H groups in total. The highest BCUT2D eigenvalue weighted by molar-refractivity contribution is 5.43. The fourth-order valence-corrected chi connectivity index (χ4v) is 4.96. The number of rotatable bonds is 8. The standard InChI is InChI=1S/C27H37NO3/c1-4-21(18-29-3)28-22-10-12-23(13-11-22)30-24-14-16-26-20(17-24)9-15-27(31-26)25-8-6-5-7-19(25)2/h5-8,14,16-17,21-23,27-28H,4,9-13,15,18H2,1-3H3. The maximum absolute atomic E-state index is 6.37. The third-order valence-electron chi connectivity index (χ3n) is 6.82. The topological polar surface area (TPSA) is 39.7 Å². The Balaban J connectivity index is 1.30. The summed E-state index contributed by atoms with van der Waals surface area (Å²) >= 11 is 0. The van der Waals surface area contributed by atoms with Crippen LogP contribution < -0.4 is 14.8 Å². The molecule has 0 saturated heterocycles. The molecule has 2 aromatic carbocycles. The highest BCUT2D eigenvalue weighted by Gasteiger charge is 2.26. The van der Waals surface area contributed by atoms with Gasteiger partial charge >= 0.3 is 0 Å². The van der Waals surface area contributed by atoms with Crippen molar-refractivity contribution in [2.24, 2.45) is 0 Å². The van der Waals surface area contributed by atoms with Crippen LogP contribution in [-0.2, 0) is 11.2 Å². The van der Waals surface area contributed by atoms with E-state index in [-0.39, 0.29) is 6.10 Å². The quantitative estimate of drug-likeness (QED) is 0.585. The monoisotopic (exact) mass is 423 g/mol. The number of ether oxygens (including phenoxy) is 3. The van der Waals surface area contributed by atoms with Gasteiger partial charge in [-0.25, -0.2) is 0 Å². The van der Waals surface area contributed by atoms with Gasteiger partial charge in [-0.3, -0.25) is 0 Å². The van der Waals surface area contributed by atoms with E-state index in [1.165, 1.54) is 16.7 Å². The van der Waals surface area contributed by atoms with E-state index in [4.69, 9.17) is 14.2 Å². The van der Waals surface area contributed by atoms with Gasteiger partial charge in [0.15, 0.2) is 0 Å². The molecule has 0 radical (unpaired) electrons. The van der Waals surface area contributed by atoms with Crippen LogP contribution in [0.2, 0.25) is 0 Å². The van der Waals surface area contributed by atoms with Crippen molar-refractivity contribution in [3.8, 4) is 11.5 Å². The predicted octanol–water partition coefficient (Wildman–Crippen LogP) is 5.77. The van der Waals surface area contributed by atoms with Gasteiger partial charge in [0.25, 0.3) is 0 Å². The molecule has 1 fully saturated rings. The summed E-state index contributed by atoms with van der Waals surface area (Å²) in [5.41, 5.74) is 3.87. The zero-order valence-corrected chi connectivity index (χ0v) is 19.2. The van der Waals surface area contributed by atoms with Crippen LogP contribution in [0.3, 0.4) is 0 Å². The molecule has 0 spiro atoms. The molecule has 4 rings (SSSR count). The molecule has 1 saturated carbocycles. The van der Waals surface area contributed by atoms with Crippen LogP contribution in [-0.4, -0.2) is 31.9 Å². The fraction of sp³-hybridized carbons (Fsp3) is 0.556. The lowest BCUT2D eigenvalue weighted by Gasteiger charge is -2.32. The van der Waals surface area contributed by atoms with Crippen molar-refractivity contribution in [1.82, 2.24) is 5.32 Å². The van der Waals surface area contributed by atoms with Crippen molar-refractivity contribution in [2.75, 3.05) is 13.7 Å². The molecule has 31 heavy (non-hydrogen) atoms. The minimum absolute atomic E-state index is 0.147. The van der Waals surface area contributed by atoms with Crippen LogP contribution in [0.25, 0.3) is 0 Å². The lowest BCUT2D eigenvalue weighted by atomic mass is 9.92. The molecular formula is C27H37NO3. The molecule has 0 bridgehead atoms. The maximum Gasteiger partial charge on any atom is 0.124 e. The molecule has 4 heteroatoms. The summed E-state index contributed by atoms with van der Waals surface area (Å²) in [6.07, 6.45) is 8.13. The summed E-state index contributed by atoms with van der Waals surface area (Å²) in [5, 5.41) is 3.76. The highest BCUT2D eigenvalue weighted by atomic mass is 16.5. The van der Waals surface area contributed by atoms with Crippen molar-refractivity contribution >= 4 is 0 Å². The molecule has 1 heterocycles. The second kappa shape index (κ2) is 10.5.